The molecule has 0 aliphatic heterocycles. The number of nitrogens with zero attached hydrogens (tertiary/aromatic N) is 3. The molecule has 0 unspecified atom stereocenters. The zero-order chi connectivity index (χ0) is 19.4. The summed E-state index contributed by atoms with van der Waals surface area (Å²) in [7, 11) is 1.60. The van der Waals surface area contributed by atoms with Crippen molar-refractivity contribution in [3.8, 4) is 22.9 Å². The summed E-state index contributed by atoms with van der Waals surface area (Å²) in [6.45, 7) is 1.94. The minimum absolute atomic E-state index is 0.102. The molecule has 0 saturated carbocycles. The Kier molecular flexibility index (Phi) is 3.42. The van der Waals surface area contributed by atoms with Crippen molar-refractivity contribution in [3.05, 3.63) is 60.5 Å². The molecule has 4 aromatic rings. The summed E-state index contributed by atoms with van der Waals surface area (Å²) in [6, 6.07) is 9.68. The number of ether oxygens (including phenoxy) is 1. The highest BCUT2D eigenvalue weighted by molar-refractivity contribution is 6.12. The van der Waals surface area contributed by atoms with Crippen molar-refractivity contribution in [1.82, 2.24) is 14.5 Å². The Labute approximate surface area is 161 Å². The molecule has 6 heteroatoms. The SMILES string of the molecule is COc1ccc(-c2cccc3c(N)c4c(O)n(C5=CC=C5)cc4nc23)c(C)n1. The predicted molar refractivity (Wildman–Crippen MR) is 111 cm³/mol. The third-order valence-electron chi connectivity index (χ3n) is 5.16. The second-order valence-electron chi connectivity index (χ2n) is 6.75. The minimum Gasteiger partial charge on any atom is -0.494 e. The fourth-order valence-corrected chi connectivity index (χ4v) is 3.66. The maximum Gasteiger partial charge on any atom is 0.213 e. The number of benzene rings is 1. The van der Waals surface area contributed by atoms with Gasteiger partial charge >= 0.3 is 0 Å². The number of allylic oxidation sites excluding steroid dienone is 4. The highest BCUT2D eigenvalue weighted by Crippen LogP contribution is 2.40. The highest BCUT2D eigenvalue weighted by Gasteiger charge is 2.19. The molecule has 3 N–H and O–H groups in total. The zero-order valence-electron chi connectivity index (χ0n) is 15.5. The Morgan fingerprint density at radius 2 is 1.93 bits per heavy atom. The molecule has 138 valence electrons. The van der Waals surface area contributed by atoms with E-state index in [-0.39, 0.29) is 5.88 Å². The van der Waals surface area contributed by atoms with Gasteiger partial charge in [0.15, 0.2) is 0 Å². The van der Waals surface area contributed by atoms with Crippen LogP contribution in [0.1, 0.15) is 5.69 Å². The summed E-state index contributed by atoms with van der Waals surface area (Å²) in [5.41, 5.74) is 12.1. The van der Waals surface area contributed by atoms with Gasteiger partial charge in [-0.3, -0.25) is 4.57 Å². The van der Waals surface area contributed by atoms with E-state index in [9.17, 15) is 5.11 Å². The molecule has 5 rings (SSSR count). The maximum atomic E-state index is 10.7. The van der Waals surface area contributed by atoms with E-state index < -0.39 is 0 Å². The summed E-state index contributed by atoms with van der Waals surface area (Å²) in [4.78, 5) is 9.33. The van der Waals surface area contributed by atoms with Gasteiger partial charge in [-0.05, 0) is 25.1 Å². The summed E-state index contributed by atoms with van der Waals surface area (Å²) in [6.07, 6.45) is 7.58. The lowest BCUT2D eigenvalue weighted by atomic mass is 9.99. The summed E-state index contributed by atoms with van der Waals surface area (Å²) in [5, 5.41) is 12.1. The first-order valence-electron chi connectivity index (χ1n) is 8.91. The van der Waals surface area contributed by atoms with Crippen LogP contribution >= 0.6 is 0 Å². The largest absolute Gasteiger partial charge is 0.494 e. The Morgan fingerprint density at radius 1 is 1.11 bits per heavy atom. The molecule has 6 nitrogen and oxygen atoms in total. The van der Waals surface area contributed by atoms with E-state index in [0.29, 0.717) is 22.5 Å². The monoisotopic (exact) mass is 370 g/mol. The molecule has 1 aliphatic rings. The van der Waals surface area contributed by atoms with Gasteiger partial charge in [0.1, 0.15) is 0 Å². The first-order chi connectivity index (χ1) is 13.6. The van der Waals surface area contributed by atoms with E-state index in [1.54, 1.807) is 11.7 Å². The number of fused-ring (bicyclic) bond motifs is 2. The number of aromatic nitrogens is 3. The molecular weight excluding hydrogens is 352 g/mol. The Bertz CT molecular complexity index is 1330. The summed E-state index contributed by atoms with van der Waals surface area (Å²) in [5.74, 6) is 0.672. The van der Waals surface area contributed by atoms with Gasteiger partial charge in [0.25, 0.3) is 0 Å². The van der Waals surface area contributed by atoms with Crippen LogP contribution in [0.2, 0.25) is 0 Å². The molecular formula is C22H18N4O2. The lowest BCUT2D eigenvalue weighted by molar-refractivity contribution is 0.397. The predicted octanol–water partition coefficient (Wildman–Crippen LogP) is 4.27. The number of aromatic hydroxyl groups is 1. The van der Waals surface area contributed by atoms with Crippen molar-refractivity contribution >= 4 is 33.2 Å². The first-order valence-corrected chi connectivity index (χ1v) is 8.91. The normalized spacial score (nSPS) is 13.0. The van der Waals surface area contributed by atoms with Gasteiger partial charge in [0.05, 0.1) is 29.2 Å². The smallest absolute Gasteiger partial charge is 0.213 e. The highest BCUT2D eigenvalue weighted by atomic mass is 16.5. The number of nitrogen functional groups attached to an aromatic ring is 1. The van der Waals surface area contributed by atoms with Crippen molar-refractivity contribution in [3.63, 3.8) is 0 Å². The van der Waals surface area contributed by atoms with Gasteiger partial charge in [0.2, 0.25) is 11.8 Å². The van der Waals surface area contributed by atoms with Crippen LogP contribution in [0.5, 0.6) is 11.8 Å². The summed E-state index contributed by atoms with van der Waals surface area (Å²) >= 11 is 0. The minimum atomic E-state index is 0.102. The first kappa shape index (κ1) is 16.4. The number of aryl methyl sites for hydroxylation is 1. The molecule has 1 aliphatic carbocycles. The molecule has 0 fully saturated rings. The third-order valence-corrected chi connectivity index (χ3v) is 5.16. The molecule has 0 bridgehead atoms. The van der Waals surface area contributed by atoms with Crippen molar-refractivity contribution < 1.29 is 9.84 Å². The van der Waals surface area contributed by atoms with E-state index in [2.05, 4.69) is 4.98 Å². The van der Waals surface area contributed by atoms with Crippen molar-refractivity contribution in [2.24, 2.45) is 0 Å². The number of para-hydroxylation sites is 1. The summed E-state index contributed by atoms with van der Waals surface area (Å²) < 4.78 is 6.92. The van der Waals surface area contributed by atoms with Crippen LogP contribution in [0.4, 0.5) is 5.69 Å². The second kappa shape index (κ2) is 5.85. The van der Waals surface area contributed by atoms with E-state index in [1.165, 1.54) is 0 Å². The van der Waals surface area contributed by atoms with Crippen molar-refractivity contribution in [2.75, 3.05) is 12.8 Å². The van der Waals surface area contributed by atoms with Gasteiger partial charge in [-0.2, -0.15) is 0 Å². The van der Waals surface area contributed by atoms with Gasteiger partial charge < -0.3 is 15.6 Å². The number of rotatable bonds is 3. The number of hydrogen-bond donors (Lipinski definition) is 2. The van der Waals surface area contributed by atoms with Crippen LogP contribution in [0.25, 0.3) is 38.6 Å². The lowest BCUT2D eigenvalue weighted by Crippen LogP contribution is -1.96. The van der Waals surface area contributed by atoms with Gasteiger partial charge in [-0.25, -0.2) is 9.97 Å². The molecule has 1 aromatic carbocycles. The van der Waals surface area contributed by atoms with Crippen LogP contribution in [0.15, 0.2) is 54.8 Å². The second-order valence-corrected chi connectivity index (χ2v) is 6.75. The van der Waals surface area contributed by atoms with E-state index in [1.807, 2.05) is 61.7 Å². The standard InChI is InChI=1S/C22H18N4O2/c1-12-14(9-10-18(24-12)28-2)15-7-4-8-16-20(23)19-17(25-21(15)16)11-26(22(19)27)13-5-3-6-13/h3-11,27H,23H2,1-2H3. The van der Waals surface area contributed by atoms with Gasteiger partial charge in [-0.1, -0.05) is 24.3 Å². The fourth-order valence-electron chi connectivity index (χ4n) is 3.66. The van der Waals surface area contributed by atoms with E-state index >= 15 is 0 Å². The van der Waals surface area contributed by atoms with Gasteiger partial charge in [0, 0.05) is 40.2 Å². The molecule has 0 saturated heterocycles. The van der Waals surface area contributed by atoms with Gasteiger partial charge in [-0.15, -0.1) is 0 Å². The topological polar surface area (TPSA) is 86.2 Å². The molecule has 0 spiro atoms. The average Bonchev–Trinajstić information content (AvgIpc) is 2.96. The van der Waals surface area contributed by atoms with Crippen LogP contribution in [-0.2, 0) is 0 Å². The van der Waals surface area contributed by atoms with Crippen LogP contribution < -0.4 is 10.5 Å². The Balaban J connectivity index is 1.81. The fraction of sp³-hybridized carbons (Fsp3) is 0.0909. The zero-order valence-corrected chi connectivity index (χ0v) is 15.5. The van der Waals surface area contributed by atoms with Crippen molar-refractivity contribution in [1.29, 1.82) is 0 Å². The molecule has 3 heterocycles. The van der Waals surface area contributed by atoms with Crippen LogP contribution in [0, 0.1) is 6.92 Å². The van der Waals surface area contributed by atoms with E-state index in [4.69, 9.17) is 15.5 Å². The lowest BCUT2D eigenvalue weighted by Gasteiger charge is -2.12. The average molecular weight is 370 g/mol. The van der Waals surface area contributed by atoms with Crippen LogP contribution in [-0.4, -0.2) is 26.8 Å². The number of pyridine rings is 2. The number of anilines is 1. The molecule has 28 heavy (non-hydrogen) atoms. The molecule has 0 radical (unpaired) electrons. The van der Waals surface area contributed by atoms with Crippen molar-refractivity contribution in [2.45, 2.75) is 6.92 Å². The molecule has 0 amide bonds. The number of methoxy groups -OCH3 is 1. The molecule has 0 atom stereocenters. The molecule has 3 aromatic heterocycles. The van der Waals surface area contributed by atoms with E-state index in [0.717, 1.165) is 33.4 Å². The maximum absolute atomic E-state index is 10.7. The third kappa shape index (κ3) is 2.21. The number of hydrogen-bond acceptors (Lipinski definition) is 5. The quantitative estimate of drug-likeness (QED) is 0.562. The number of nitrogens with two attached hydrogens (primary N) is 1. The van der Waals surface area contributed by atoms with Crippen LogP contribution in [0.3, 0.4) is 0 Å². The Hall–Kier alpha value is -3.80. The Morgan fingerprint density at radius 3 is 2.61 bits per heavy atom.